The van der Waals surface area contributed by atoms with E-state index in [4.69, 9.17) is 4.74 Å². The number of Topliss-reactive ketones (excluding diaryl/α,β-unsaturated/α-hetero) is 1. The Hall–Kier alpha value is -1.72. The fourth-order valence-corrected chi connectivity index (χ4v) is 1.39. The number of nitrogens with one attached hydrogen (secondary N) is 1. The Bertz CT molecular complexity index is 391. The van der Waals surface area contributed by atoms with Crippen LogP contribution < -0.4 is 10.4 Å². The van der Waals surface area contributed by atoms with Crippen LogP contribution in [0.15, 0.2) is 30.3 Å². The van der Waals surface area contributed by atoms with Gasteiger partial charge in [-0.2, -0.15) is 5.43 Å². The van der Waals surface area contributed by atoms with Crippen molar-refractivity contribution in [3.8, 4) is 0 Å². The number of rotatable bonds is 2. The highest BCUT2D eigenvalue weighted by Crippen LogP contribution is 2.16. The number of amides is 1. The van der Waals surface area contributed by atoms with Crippen LogP contribution in [0.3, 0.4) is 0 Å². The minimum atomic E-state index is -0.877. The van der Waals surface area contributed by atoms with E-state index in [1.165, 1.54) is 12.1 Å². The van der Waals surface area contributed by atoms with Gasteiger partial charge in [0.15, 0.2) is 6.23 Å². The molecule has 1 saturated heterocycles. The van der Waals surface area contributed by atoms with Crippen molar-refractivity contribution in [2.75, 3.05) is 12.1 Å². The number of nitrogens with zero attached hydrogens (tertiary/aromatic N) is 1. The van der Waals surface area contributed by atoms with Crippen LogP contribution in [-0.2, 0) is 14.3 Å². The number of carbonyl (C=O) groups excluding carboxylic acids is 2. The highest BCUT2D eigenvalue weighted by molar-refractivity contribution is 6.44. The predicted octanol–water partition coefficient (Wildman–Crippen LogP) is 0.0794. The predicted molar refractivity (Wildman–Crippen MR) is 52.9 cm³/mol. The summed E-state index contributed by atoms with van der Waals surface area (Å²) in [7, 11) is 1.37. The summed E-state index contributed by atoms with van der Waals surface area (Å²) in [5.74, 6) is -1.19. The maximum absolute atomic E-state index is 11.5. The molecule has 1 aromatic rings. The van der Waals surface area contributed by atoms with Gasteiger partial charge in [-0.1, -0.05) is 18.2 Å². The highest BCUT2D eigenvalue weighted by Gasteiger charge is 2.39. The number of ketones is 1. The molecule has 1 aliphatic rings. The molecule has 1 amide bonds. The van der Waals surface area contributed by atoms with Crippen LogP contribution in [0.2, 0.25) is 0 Å². The molecule has 1 fully saturated rings. The van der Waals surface area contributed by atoms with Crippen molar-refractivity contribution in [2.45, 2.75) is 6.23 Å². The van der Waals surface area contributed by atoms with Gasteiger partial charge in [0.2, 0.25) is 0 Å². The monoisotopic (exact) mass is 206 g/mol. The van der Waals surface area contributed by atoms with E-state index in [2.05, 4.69) is 5.43 Å². The fourth-order valence-electron chi connectivity index (χ4n) is 1.39. The quantitative estimate of drug-likeness (QED) is 0.696. The van der Waals surface area contributed by atoms with Gasteiger partial charge in [-0.25, -0.2) is 5.01 Å². The summed E-state index contributed by atoms with van der Waals surface area (Å²) in [6, 6.07) is 8.87. The Labute approximate surface area is 86.6 Å². The zero-order chi connectivity index (χ0) is 10.8. The van der Waals surface area contributed by atoms with Crippen molar-refractivity contribution in [1.29, 1.82) is 0 Å². The van der Waals surface area contributed by atoms with Gasteiger partial charge in [0.05, 0.1) is 5.69 Å². The van der Waals surface area contributed by atoms with Crippen molar-refractivity contribution in [2.24, 2.45) is 0 Å². The summed E-state index contributed by atoms with van der Waals surface area (Å²) in [5.41, 5.74) is 3.29. The lowest BCUT2D eigenvalue weighted by Gasteiger charge is -2.15. The van der Waals surface area contributed by atoms with Crippen LogP contribution in [-0.4, -0.2) is 25.0 Å². The first-order valence-electron chi connectivity index (χ1n) is 4.46. The number of hydrogen-bond acceptors (Lipinski definition) is 4. The second-order valence-electron chi connectivity index (χ2n) is 3.09. The minimum Gasteiger partial charge on any atom is -0.357 e. The van der Waals surface area contributed by atoms with Crippen LogP contribution in [0, 0.1) is 0 Å². The zero-order valence-corrected chi connectivity index (χ0v) is 8.14. The molecule has 0 aromatic heterocycles. The molecule has 1 aromatic carbocycles. The normalized spacial score (nSPS) is 21.1. The van der Waals surface area contributed by atoms with Gasteiger partial charge in [0, 0.05) is 7.11 Å². The van der Waals surface area contributed by atoms with E-state index in [9.17, 15) is 9.59 Å². The van der Waals surface area contributed by atoms with E-state index >= 15 is 0 Å². The molecule has 0 aliphatic carbocycles. The lowest BCUT2D eigenvalue weighted by atomic mass is 10.3. The summed E-state index contributed by atoms with van der Waals surface area (Å²) in [5, 5.41) is 1.19. The minimum absolute atomic E-state index is 0.582. The first-order valence-corrected chi connectivity index (χ1v) is 4.46. The second-order valence-corrected chi connectivity index (χ2v) is 3.09. The van der Waals surface area contributed by atoms with Gasteiger partial charge in [-0.3, -0.25) is 9.59 Å². The molecule has 78 valence electrons. The number of ether oxygens (including phenoxy) is 1. The molecule has 5 nitrogen and oxygen atoms in total. The molecule has 5 heteroatoms. The number of benzene rings is 1. The standard InChI is InChI=1S/C10H10N2O3/c1-15-9-8(13)10(14)12(11-9)7-5-3-2-4-6-7/h2-6,9,11H,1H3. The van der Waals surface area contributed by atoms with Gasteiger partial charge in [-0.15, -0.1) is 0 Å². The molecule has 1 atom stereocenters. The largest absolute Gasteiger partial charge is 0.357 e. The fraction of sp³-hybridized carbons (Fsp3) is 0.200. The summed E-state index contributed by atoms with van der Waals surface area (Å²) in [4.78, 5) is 22.9. The number of carbonyl (C=O) groups is 2. The Morgan fingerprint density at radius 1 is 1.27 bits per heavy atom. The van der Waals surface area contributed by atoms with Crippen molar-refractivity contribution in [1.82, 2.24) is 5.43 Å². The molecule has 1 unspecified atom stereocenters. The maximum Gasteiger partial charge on any atom is 0.313 e. The van der Waals surface area contributed by atoms with Crippen molar-refractivity contribution in [3.05, 3.63) is 30.3 Å². The first-order chi connectivity index (χ1) is 7.24. The van der Waals surface area contributed by atoms with Crippen LogP contribution >= 0.6 is 0 Å². The van der Waals surface area contributed by atoms with E-state index in [0.29, 0.717) is 5.69 Å². The molecular formula is C10H10N2O3. The van der Waals surface area contributed by atoms with Gasteiger partial charge in [0.25, 0.3) is 5.78 Å². The zero-order valence-electron chi connectivity index (χ0n) is 8.14. The Morgan fingerprint density at radius 3 is 2.47 bits per heavy atom. The maximum atomic E-state index is 11.5. The number of anilines is 1. The lowest BCUT2D eigenvalue weighted by molar-refractivity contribution is -0.138. The Kier molecular flexibility index (Phi) is 2.49. The third-order valence-corrected chi connectivity index (χ3v) is 2.15. The molecule has 0 radical (unpaired) electrons. The van der Waals surface area contributed by atoms with Crippen molar-refractivity contribution >= 4 is 17.4 Å². The van der Waals surface area contributed by atoms with Gasteiger partial charge in [0.1, 0.15) is 0 Å². The average molecular weight is 206 g/mol. The summed E-state index contributed by atoms with van der Waals surface area (Å²) in [6.45, 7) is 0. The van der Waals surface area contributed by atoms with Crippen LogP contribution in [0.5, 0.6) is 0 Å². The van der Waals surface area contributed by atoms with E-state index in [1.54, 1.807) is 24.3 Å². The highest BCUT2D eigenvalue weighted by atomic mass is 16.5. The number of hydrogen-bond donors (Lipinski definition) is 1. The molecule has 15 heavy (non-hydrogen) atoms. The molecule has 0 spiro atoms. The number of para-hydroxylation sites is 1. The van der Waals surface area contributed by atoms with Crippen LogP contribution in [0.4, 0.5) is 5.69 Å². The van der Waals surface area contributed by atoms with E-state index < -0.39 is 17.9 Å². The van der Waals surface area contributed by atoms with Crippen LogP contribution in [0.1, 0.15) is 0 Å². The van der Waals surface area contributed by atoms with E-state index in [1.807, 2.05) is 6.07 Å². The summed E-state index contributed by atoms with van der Waals surface area (Å²) >= 11 is 0. The molecule has 0 bridgehead atoms. The smallest absolute Gasteiger partial charge is 0.313 e. The Balaban J connectivity index is 2.26. The molecular weight excluding hydrogens is 196 g/mol. The molecule has 1 N–H and O–H groups in total. The van der Waals surface area contributed by atoms with E-state index in [-0.39, 0.29) is 0 Å². The summed E-state index contributed by atoms with van der Waals surface area (Å²) < 4.78 is 4.82. The third-order valence-electron chi connectivity index (χ3n) is 2.15. The average Bonchev–Trinajstić information content (AvgIpc) is 2.57. The second kappa shape index (κ2) is 3.80. The van der Waals surface area contributed by atoms with Gasteiger partial charge in [-0.05, 0) is 12.1 Å². The van der Waals surface area contributed by atoms with Crippen molar-refractivity contribution < 1.29 is 14.3 Å². The van der Waals surface area contributed by atoms with Crippen molar-refractivity contribution in [3.63, 3.8) is 0 Å². The topological polar surface area (TPSA) is 58.6 Å². The molecule has 2 rings (SSSR count). The Morgan fingerprint density at radius 2 is 1.93 bits per heavy atom. The molecule has 0 saturated carbocycles. The number of methoxy groups -OCH3 is 1. The van der Waals surface area contributed by atoms with E-state index in [0.717, 1.165) is 0 Å². The molecule has 1 heterocycles. The van der Waals surface area contributed by atoms with Gasteiger partial charge < -0.3 is 4.74 Å². The first kappa shape index (κ1) is 9.82. The lowest BCUT2D eigenvalue weighted by Crippen LogP contribution is -2.38. The number of hydrazine groups is 1. The third kappa shape index (κ3) is 1.62. The van der Waals surface area contributed by atoms with Gasteiger partial charge >= 0.3 is 5.91 Å². The summed E-state index contributed by atoms with van der Waals surface area (Å²) in [6.07, 6.45) is -0.877. The van der Waals surface area contributed by atoms with Crippen LogP contribution in [0.25, 0.3) is 0 Å². The molecule has 1 aliphatic heterocycles. The SMILES string of the molecule is COC1NN(c2ccccc2)C(=O)C1=O.